The lowest BCUT2D eigenvalue weighted by atomic mass is 10.0. The van der Waals surface area contributed by atoms with Crippen molar-refractivity contribution in [2.45, 2.75) is 33.7 Å². The van der Waals surface area contributed by atoms with Gasteiger partial charge in [-0.05, 0) is 62.2 Å². The average Bonchev–Trinajstić information content (AvgIpc) is 2.51. The molecule has 1 atom stereocenters. The number of amides is 1. The van der Waals surface area contributed by atoms with Gasteiger partial charge in [0.15, 0.2) is 5.78 Å². The van der Waals surface area contributed by atoms with Gasteiger partial charge in [-0.25, -0.2) is 0 Å². The lowest BCUT2D eigenvalue weighted by Gasteiger charge is -2.17. The zero-order chi connectivity index (χ0) is 17.0. The van der Waals surface area contributed by atoms with Gasteiger partial charge in [0.2, 0.25) is 5.91 Å². The molecule has 2 N–H and O–H groups in total. The molecule has 23 heavy (non-hydrogen) atoms. The molecule has 0 aromatic heterocycles. The third-order valence-corrected chi connectivity index (χ3v) is 3.86. The van der Waals surface area contributed by atoms with Gasteiger partial charge >= 0.3 is 0 Å². The summed E-state index contributed by atoms with van der Waals surface area (Å²) in [6.45, 7) is 7.39. The predicted molar refractivity (Wildman–Crippen MR) is 94.1 cm³/mol. The maximum Gasteiger partial charge on any atom is 0.221 e. The number of hydrogen-bond acceptors (Lipinski definition) is 3. The van der Waals surface area contributed by atoms with E-state index in [0.29, 0.717) is 11.3 Å². The molecule has 0 heterocycles. The van der Waals surface area contributed by atoms with Gasteiger partial charge in [-0.3, -0.25) is 9.59 Å². The molecule has 0 aliphatic carbocycles. The minimum absolute atomic E-state index is 0.0141. The fourth-order valence-electron chi connectivity index (χ4n) is 2.38. The Hall–Kier alpha value is -2.62. The number of carbonyl (C=O) groups is 2. The summed E-state index contributed by atoms with van der Waals surface area (Å²) in [5.41, 5.74) is 4.61. The molecule has 0 unspecified atom stereocenters. The molecule has 0 aliphatic rings. The minimum Gasteiger partial charge on any atom is -0.375 e. The predicted octanol–water partition coefficient (Wildman–Crippen LogP) is 3.95. The van der Waals surface area contributed by atoms with Crippen molar-refractivity contribution >= 4 is 23.1 Å². The van der Waals surface area contributed by atoms with Gasteiger partial charge < -0.3 is 10.6 Å². The Labute approximate surface area is 136 Å². The molecule has 0 saturated carbocycles. The second-order valence-electron chi connectivity index (χ2n) is 5.74. The second kappa shape index (κ2) is 7.09. The van der Waals surface area contributed by atoms with Crippen molar-refractivity contribution in [1.29, 1.82) is 0 Å². The summed E-state index contributed by atoms with van der Waals surface area (Å²) in [7, 11) is 0. The van der Waals surface area contributed by atoms with E-state index in [1.807, 2.05) is 39.0 Å². The summed E-state index contributed by atoms with van der Waals surface area (Å²) in [6, 6.07) is 12.6. The third-order valence-electron chi connectivity index (χ3n) is 3.86. The first-order chi connectivity index (χ1) is 10.9. The van der Waals surface area contributed by atoms with Crippen LogP contribution in [0.4, 0.5) is 11.4 Å². The molecule has 0 radical (unpaired) electrons. The van der Waals surface area contributed by atoms with E-state index >= 15 is 0 Å². The van der Waals surface area contributed by atoms with E-state index in [4.69, 9.17) is 0 Å². The first kappa shape index (κ1) is 16.7. The van der Waals surface area contributed by atoms with Crippen LogP contribution < -0.4 is 10.6 Å². The van der Waals surface area contributed by atoms with Crippen LogP contribution in [0.2, 0.25) is 0 Å². The van der Waals surface area contributed by atoms with E-state index in [1.165, 1.54) is 12.5 Å². The number of carbonyl (C=O) groups excluding carboxylic acids is 2. The van der Waals surface area contributed by atoms with Gasteiger partial charge in [0, 0.05) is 23.9 Å². The van der Waals surface area contributed by atoms with E-state index in [-0.39, 0.29) is 17.7 Å². The Morgan fingerprint density at radius 1 is 1.00 bits per heavy atom. The van der Waals surface area contributed by atoms with Crippen molar-refractivity contribution in [3.8, 4) is 0 Å². The van der Waals surface area contributed by atoms with Crippen molar-refractivity contribution in [1.82, 2.24) is 0 Å². The minimum atomic E-state index is -0.331. The number of anilines is 2. The fourth-order valence-corrected chi connectivity index (χ4v) is 2.38. The Bertz CT molecular complexity index is 721. The standard InChI is InChI=1S/C19H22N2O2/c1-12-6-5-7-18(13(12)2)20-14(3)19(23)16-8-10-17(11-9-16)21-15(4)22/h5-11,14,20H,1-4H3,(H,21,22)/t14-/m1/s1. The average molecular weight is 310 g/mol. The van der Waals surface area contributed by atoms with Gasteiger partial charge in [-0.2, -0.15) is 0 Å². The molecule has 1 amide bonds. The Balaban J connectivity index is 2.10. The highest BCUT2D eigenvalue weighted by molar-refractivity contribution is 6.02. The lowest BCUT2D eigenvalue weighted by molar-refractivity contribution is -0.114. The highest BCUT2D eigenvalue weighted by Crippen LogP contribution is 2.20. The third kappa shape index (κ3) is 4.19. The van der Waals surface area contributed by atoms with E-state index in [1.54, 1.807) is 24.3 Å². The van der Waals surface area contributed by atoms with Crippen LogP contribution in [0.15, 0.2) is 42.5 Å². The van der Waals surface area contributed by atoms with Crippen LogP contribution >= 0.6 is 0 Å². The number of aryl methyl sites for hydroxylation is 1. The van der Waals surface area contributed by atoms with E-state index in [9.17, 15) is 9.59 Å². The zero-order valence-electron chi connectivity index (χ0n) is 13.9. The number of hydrogen-bond donors (Lipinski definition) is 2. The molecular formula is C19H22N2O2. The molecule has 0 fully saturated rings. The van der Waals surface area contributed by atoms with Gasteiger partial charge in [0.05, 0.1) is 6.04 Å². The molecule has 4 heteroatoms. The van der Waals surface area contributed by atoms with Crippen molar-refractivity contribution in [3.63, 3.8) is 0 Å². The summed E-state index contributed by atoms with van der Waals surface area (Å²) in [6.07, 6.45) is 0. The highest BCUT2D eigenvalue weighted by Gasteiger charge is 2.16. The zero-order valence-corrected chi connectivity index (χ0v) is 13.9. The van der Waals surface area contributed by atoms with Crippen LogP contribution in [0.5, 0.6) is 0 Å². The molecule has 2 aromatic carbocycles. The van der Waals surface area contributed by atoms with Crippen LogP contribution in [0, 0.1) is 13.8 Å². The summed E-state index contributed by atoms with van der Waals surface area (Å²) >= 11 is 0. The normalized spacial score (nSPS) is 11.7. The maximum absolute atomic E-state index is 12.5. The lowest BCUT2D eigenvalue weighted by Crippen LogP contribution is -2.26. The molecule has 4 nitrogen and oxygen atoms in total. The monoisotopic (exact) mass is 310 g/mol. The van der Waals surface area contributed by atoms with E-state index in [0.717, 1.165) is 11.3 Å². The smallest absolute Gasteiger partial charge is 0.221 e. The molecule has 0 spiro atoms. The molecular weight excluding hydrogens is 288 g/mol. The quantitative estimate of drug-likeness (QED) is 0.822. The SMILES string of the molecule is CC(=O)Nc1ccc(C(=O)[C@@H](C)Nc2cccc(C)c2C)cc1. The molecule has 0 saturated heterocycles. The molecule has 0 bridgehead atoms. The fraction of sp³-hybridized carbons (Fsp3) is 0.263. The number of benzene rings is 2. The van der Waals surface area contributed by atoms with Crippen molar-refractivity contribution in [2.24, 2.45) is 0 Å². The number of nitrogens with one attached hydrogen (secondary N) is 2. The van der Waals surface area contributed by atoms with Gasteiger partial charge in [0.1, 0.15) is 0 Å². The van der Waals surface area contributed by atoms with Crippen molar-refractivity contribution < 1.29 is 9.59 Å². The van der Waals surface area contributed by atoms with Gasteiger partial charge in [0.25, 0.3) is 0 Å². The van der Waals surface area contributed by atoms with Crippen molar-refractivity contribution in [3.05, 3.63) is 59.2 Å². The van der Waals surface area contributed by atoms with Crippen LogP contribution in [0.1, 0.15) is 35.3 Å². The molecule has 120 valence electrons. The van der Waals surface area contributed by atoms with Crippen LogP contribution in [0.3, 0.4) is 0 Å². The van der Waals surface area contributed by atoms with Crippen LogP contribution in [-0.2, 0) is 4.79 Å². The number of Topliss-reactive ketones (excluding diaryl/α,β-unsaturated/α-hetero) is 1. The molecule has 0 aliphatic heterocycles. The topological polar surface area (TPSA) is 58.2 Å². The van der Waals surface area contributed by atoms with Crippen LogP contribution in [-0.4, -0.2) is 17.7 Å². The van der Waals surface area contributed by atoms with Gasteiger partial charge in [-0.15, -0.1) is 0 Å². The van der Waals surface area contributed by atoms with Crippen LogP contribution in [0.25, 0.3) is 0 Å². The molecule has 2 rings (SSSR count). The Kier molecular flexibility index (Phi) is 5.16. The Morgan fingerprint density at radius 3 is 2.26 bits per heavy atom. The number of rotatable bonds is 5. The first-order valence-corrected chi connectivity index (χ1v) is 7.63. The summed E-state index contributed by atoms with van der Waals surface area (Å²) < 4.78 is 0. The van der Waals surface area contributed by atoms with Crippen molar-refractivity contribution in [2.75, 3.05) is 10.6 Å². The van der Waals surface area contributed by atoms with E-state index < -0.39 is 0 Å². The van der Waals surface area contributed by atoms with E-state index in [2.05, 4.69) is 10.6 Å². The molecule has 2 aromatic rings. The summed E-state index contributed by atoms with van der Waals surface area (Å²) in [5, 5.41) is 5.96. The summed E-state index contributed by atoms with van der Waals surface area (Å²) in [4.78, 5) is 23.5. The first-order valence-electron chi connectivity index (χ1n) is 7.63. The Morgan fingerprint density at radius 2 is 1.65 bits per heavy atom. The highest BCUT2D eigenvalue weighted by atomic mass is 16.1. The second-order valence-corrected chi connectivity index (χ2v) is 5.74. The number of ketones is 1. The van der Waals surface area contributed by atoms with Gasteiger partial charge in [-0.1, -0.05) is 12.1 Å². The largest absolute Gasteiger partial charge is 0.375 e. The maximum atomic E-state index is 12.5. The summed E-state index contributed by atoms with van der Waals surface area (Å²) in [5.74, 6) is -0.116.